The molecule has 0 aromatic heterocycles. The van der Waals surface area contributed by atoms with E-state index in [1.807, 2.05) is 13.0 Å². The summed E-state index contributed by atoms with van der Waals surface area (Å²) in [6.07, 6.45) is 5.80. The van der Waals surface area contributed by atoms with Crippen molar-refractivity contribution in [3.05, 3.63) is 64.2 Å². The van der Waals surface area contributed by atoms with Crippen LogP contribution >= 0.6 is 0 Å². The first-order chi connectivity index (χ1) is 13.5. The minimum absolute atomic E-state index is 0.00860. The van der Waals surface area contributed by atoms with Crippen molar-refractivity contribution in [2.24, 2.45) is 0 Å². The Balaban J connectivity index is 1.70. The Hall–Kier alpha value is -2.29. The summed E-state index contributed by atoms with van der Waals surface area (Å²) in [7, 11) is 0. The van der Waals surface area contributed by atoms with Gasteiger partial charge in [-0.1, -0.05) is 43.7 Å². The van der Waals surface area contributed by atoms with Crippen molar-refractivity contribution < 1.29 is 9.53 Å². The third-order valence-electron chi connectivity index (χ3n) is 5.79. The van der Waals surface area contributed by atoms with Gasteiger partial charge in [0.05, 0.1) is 6.04 Å². The summed E-state index contributed by atoms with van der Waals surface area (Å²) in [4.78, 5) is 13.0. The Labute approximate surface area is 169 Å². The lowest BCUT2D eigenvalue weighted by atomic mass is 9.92. The van der Waals surface area contributed by atoms with Gasteiger partial charge < -0.3 is 10.1 Å². The molecule has 0 spiro atoms. The zero-order chi connectivity index (χ0) is 20.1. The summed E-state index contributed by atoms with van der Waals surface area (Å²) in [6.45, 7) is 8.31. The Morgan fingerprint density at radius 2 is 1.75 bits per heavy atom. The van der Waals surface area contributed by atoms with Crippen molar-refractivity contribution >= 4 is 5.91 Å². The normalized spacial score (nSPS) is 15.4. The molecular weight excluding hydrogens is 346 g/mol. The molecule has 0 bridgehead atoms. The molecule has 0 heterocycles. The van der Waals surface area contributed by atoms with Crippen LogP contribution in [-0.4, -0.2) is 12.0 Å². The minimum Gasteiger partial charge on any atom is -0.481 e. The maximum atomic E-state index is 13.0. The van der Waals surface area contributed by atoms with Crippen LogP contribution in [0.15, 0.2) is 36.4 Å². The maximum Gasteiger partial charge on any atom is 0.261 e. The molecule has 150 valence electrons. The van der Waals surface area contributed by atoms with E-state index in [1.54, 1.807) is 0 Å². The van der Waals surface area contributed by atoms with Crippen LogP contribution in [0, 0.1) is 13.8 Å². The second-order valence-electron chi connectivity index (χ2n) is 7.98. The van der Waals surface area contributed by atoms with Gasteiger partial charge in [0.2, 0.25) is 0 Å². The predicted octanol–water partition coefficient (Wildman–Crippen LogP) is 5.61. The lowest BCUT2D eigenvalue weighted by Crippen LogP contribution is -2.40. The highest BCUT2D eigenvalue weighted by Gasteiger charge is 2.23. The number of benzene rings is 2. The van der Waals surface area contributed by atoms with Crippen molar-refractivity contribution in [3.8, 4) is 5.75 Å². The zero-order valence-corrected chi connectivity index (χ0v) is 17.7. The smallest absolute Gasteiger partial charge is 0.261 e. The van der Waals surface area contributed by atoms with E-state index in [1.165, 1.54) is 40.7 Å². The van der Waals surface area contributed by atoms with Crippen LogP contribution in [0.2, 0.25) is 0 Å². The van der Waals surface area contributed by atoms with Crippen LogP contribution in [0.4, 0.5) is 0 Å². The number of fused-ring (bicyclic) bond motifs is 1. The number of hydrogen-bond donors (Lipinski definition) is 1. The molecule has 28 heavy (non-hydrogen) atoms. The van der Waals surface area contributed by atoms with E-state index in [-0.39, 0.29) is 11.9 Å². The van der Waals surface area contributed by atoms with Gasteiger partial charge in [0.15, 0.2) is 6.10 Å². The first-order valence-corrected chi connectivity index (χ1v) is 10.7. The number of rotatable bonds is 7. The fourth-order valence-electron chi connectivity index (χ4n) is 4.15. The Bertz CT molecular complexity index is 827. The van der Waals surface area contributed by atoms with Gasteiger partial charge in [0, 0.05) is 0 Å². The van der Waals surface area contributed by atoms with E-state index in [0.29, 0.717) is 6.42 Å². The molecule has 2 aromatic rings. The van der Waals surface area contributed by atoms with Crippen LogP contribution in [0.1, 0.15) is 73.4 Å². The number of amides is 1. The number of carbonyl (C=O) groups is 1. The molecule has 3 nitrogen and oxygen atoms in total. The lowest BCUT2D eigenvalue weighted by Gasteiger charge is -2.24. The fraction of sp³-hybridized carbons (Fsp3) is 0.480. The molecular formula is C25H33NO2. The molecule has 0 radical (unpaired) electrons. The van der Waals surface area contributed by atoms with E-state index in [4.69, 9.17) is 4.74 Å². The molecule has 1 N–H and O–H groups in total. The molecule has 0 unspecified atom stereocenters. The molecule has 3 rings (SSSR count). The van der Waals surface area contributed by atoms with E-state index in [9.17, 15) is 4.79 Å². The third-order valence-corrected chi connectivity index (χ3v) is 5.79. The zero-order valence-electron chi connectivity index (χ0n) is 17.7. The average Bonchev–Trinajstić information content (AvgIpc) is 2.70. The van der Waals surface area contributed by atoms with Gasteiger partial charge in [-0.3, -0.25) is 4.79 Å². The molecule has 2 aromatic carbocycles. The van der Waals surface area contributed by atoms with Crippen molar-refractivity contribution in [2.75, 3.05) is 0 Å². The molecule has 1 amide bonds. The van der Waals surface area contributed by atoms with E-state index < -0.39 is 6.10 Å². The number of carbonyl (C=O) groups excluding carboxylic acids is 1. The van der Waals surface area contributed by atoms with Crippen LogP contribution in [0.25, 0.3) is 0 Å². The van der Waals surface area contributed by atoms with Gasteiger partial charge in [-0.2, -0.15) is 0 Å². The second-order valence-corrected chi connectivity index (χ2v) is 7.98. The molecule has 0 saturated carbocycles. The molecule has 3 heteroatoms. The van der Waals surface area contributed by atoms with Gasteiger partial charge in [0.25, 0.3) is 5.91 Å². The van der Waals surface area contributed by atoms with Gasteiger partial charge in [-0.25, -0.2) is 0 Å². The van der Waals surface area contributed by atoms with Crippen molar-refractivity contribution in [1.82, 2.24) is 5.32 Å². The van der Waals surface area contributed by atoms with Gasteiger partial charge in [0.1, 0.15) is 5.75 Å². The number of ether oxygens (including phenoxy) is 1. The first-order valence-electron chi connectivity index (χ1n) is 10.7. The number of nitrogens with one attached hydrogen (secondary N) is 1. The third kappa shape index (κ3) is 4.76. The second kappa shape index (κ2) is 9.27. The summed E-state index contributed by atoms with van der Waals surface area (Å²) >= 11 is 0. The van der Waals surface area contributed by atoms with E-state index in [0.717, 1.165) is 25.0 Å². The van der Waals surface area contributed by atoms with Crippen LogP contribution in [-0.2, 0) is 17.6 Å². The molecule has 0 aliphatic heterocycles. The topological polar surface area (TPSA) is 38.3 Å². The van der Waals surface area contributed by atoms with Crippen LogP contribution in [0.3, 0.4) is 0 Å². The highest BCUT2D eigenvalue weighted by molar-refractivity contribution is 5.81. The highest BCUT2D eigenvalue weighted by atomic mass is 16.5. The van der Waals surface area contributed by atoms with Crippen LogP contribution in [0.5, 0.6) is 5.75 Å². The quantitative estimate of drug-likeness (QED) is 0.679. The largest absolute Gasteiger partial charge is 0.481 e. The maximum absolute atomic E-state index is 13.0. The monoisotopic (exact) mass is 379 g/mol. The Kier molecular flexibility index (Phi) is 6.77. The SMILES string of the molecule is CC[C@H](Oc1ccc2c(c1)CCCC2)C(=O)N[C@H](CC)c1ccc(C)cc1C. The lowest BCUT2D eigenvalue weighted by molar-refractivity contribution is -0.128. The van der Waals surface area contributed by atoms with Gasteiger partial charge in [-0.05, 0) is 86.8 Å². The molecule has 1 aliphatic rings. The summed E-state index contributed by atoms with van der Waals surface area (Å²) in [6, 6.07) is 12.7. The first kappa shape index (κ1) is 20.4. The minimum atomic E-state index is -0.471. The standard InChI is InChI=1S/C25H33NO2/c1-5-23(22-14-11-17(3)15-18(22)4)26-25(27)24(6-2)28-21-13-12-19-9-7-8-10-20(19)16-21/h11-16,23-24H,5-10H2,1-4H3,(H,26,27)/t23-,24+/m1/s1. The van der Waals surface area contributed by atoms with E-state index >= 15 is 0 Å². The molecule has 0 saturated heterocycles. The predicted molar refractivity (Wildman–Crippen MR) is 115 cm³/mol. The Morgan fingerprint density at radius 1 is 1.00 bits per heavy atom. The fourth-order valence-corrected chi connectivity index (χ4v) is 4.15. The summed E-state index contributed by atoms with van der Waals surface area (Å²) < 4.78 is 6.11. The van der Waals surface area contributed by atoms with Crippen molar-refractivity contribution in [2.45, 2.75) is 78.4 Å². The summed E-state index contributed by atoms with van der Waals surface area (Å²) in [5.74, 6) is 0.772. The van der Waals surface area contributed by atoms with Gasteiger partial charge >= 0.3 is 0 Å². The molecule has 1 aliphatic carbocycles. The van der Waals surface area contributed by atoms with Gasteiger partial charge in [-0.15, -0.1) is 0 Å². The number of hydrogen-bond acceptors (Lipinski definition) is 2. The molecule has 0 fully saturated rings. The van der Waals surface area contributed by atoms with Crippen molar-refractivity contribution in [1.29, 1.82) is 0 Å². The number of aryl methyl sites for hydroxylation is 4. The van der Waals surface area contributed by atoms with Crippen molar-refractivity contribution in [3.63, 3.8) is 0 Å². The Morgan fingerprint density at radius 3 is 2.43 bits per heavy atom. The van der Waals surface area contributed by atoms with E-state index in [2.05, 4.69) is 56.4 Å². The summed E-state index contributed by atoms with van der Waals surface area (Å²) in [5.41, 5.74) is 6.45. The summed E-state index contributed by atoms with van der Waals surface area (Å²) in [5, 5.41) is 3.21. The van der Waals surface area contributed by atoms with Crippen LogP contribution < -0.4 is 10.1 Å². The highest BCUT2D eigenvalue weighted by Crippen LogP contribution is 2.27. The average molecular weight is 380 g/mol. The molecule has 2 atom stereocenters.